The Morgan fingerprint density at radius 2 is 2.06 bits per heavy atom. The van der Waals surface area contributed by atoms with E-state index in [1.807, 2.05) is 0 Å². The molecule has 1 N–H and O–H groups in total. The molecule has 1 aliphatic heterocycles. The quantitative estimate of drug-likeness (QED) is 0.794. The number of carbonyl (C=O) groups excluding carboxylic acids is 1. The summed E-state index contributed by atoms with van der Waals surface area (Å²) in [6, 6.07) is 0. The van der Waals surface area contributed by atoms with Crippen molar-refractivity contribution >= 4 is 5.91 Å². The van der Waals surface area contributed by atoms with Crippen molar-refractivity contribution < 1.29 is 4.79 Å². The van der Waals surface area contributed by atoms with Gasteiger partial charge in [-0.3, -0.25) is 10.1 Å². The molecular weight excluding hydrogens is 200 g/mol. The molecule has 0 aromatic heterocycles. The Bertz CT molecular complexity index is 259. The van der Waals surface area contributed by atoms with E-state index in [1.54, 1.807) is 0 Å². The van der Waals surface area contributed by atoms with E-state index in [-0.39, 0.29) is 11.7 Å². The first-order chi connectivity index (χ1) is 7.73. The summed E-state index contributed by atoms with van der Waals surface area (Å²) in [5.74, 6) is 0.380. The van der Waals surface area contributed by atoms with Gasteiger partial charge in [0.25, 0.3) is 0 Å². The van der Waals surface area contributed by atoms with Gasteiger partial charge in [-0.1, -0.05) is 33.1 Å². The average Bonchev–Trinajstić information content (AvgIpc) is 2.86. The summed E-state index contributed by atoms with van der Waals surface area (Å²) < 4.78 is 0. The van der Waals surface area contributed by atoms with Gasteiger partial charge in [0.1, 0.15) is 0 Å². The van der Waals surface area contributed by atoms with E-state index in [0.717, 1.165) is 38.6 Å². The molecule has 1 unspecified atom stereocenters. The normalized spacial score (nSPS) is 28.2. The summed E-state index contributed by atoms with van der Waals surface area (Å²) in [4.78, 5) is 14.6. The summed E-state index contributed by atoms with van der Waals surface area (Å²) in [7, 11) is 0. The van der Waals surface area contributed by atoms with E-state index in [1.165, 1.54) is 12.8 Å². The van der Waals surface area contributed by atoms with Crippen LogP contribution in [0.1, 0.15) is 58.8 Å². The molecule has 3 nitrogen and oxygen atoms in total. The van der Waals surface area contributed by atoms with Gasteiger partial charge in [0.05, 0.1) is 11.7 Å². The van der Waals surface area contributed by atoms with Crippen molar-refractivity contribution in [2.24, 2.45) is 0 Å². The first-order valence-corrected chi connectivity index (χ1v) is 6.82. The van der Waals surface area contributed by atoms with E-state index in [9.17, 15) is 4.79 Å². The Kier molecular flexibility index (Phi) is 3.53. The standard InChI is InChI=1S/C13H24N2O/c1-3-5-10-15-11(4-2)14-13(12(15)16)8-6-7-9-13/h11,14H,3-10H2,1-2H3. The first kappa shape index (κ1) is 11.9. The third kappa shape index (κ3) is 1.86. The van der Waals surface area contributed by atoms with Crippen LogP contribution in [0, 0.1) is 0 Å². The second-order valence-corrected chi connectivity index (χ2v) is 5.21. The van der Waals surface area contributed by atoms with Gasteiger partial charge < -0.3 is 4.90 Å². The largest absolute Gasteiger partial charge is 0.326 e. The van der Waals surface area contributed by atoms with Crippen LogP contribution in [-0.2, 0) is 4.79 Å². The van der Waals surface area contributed by atoms with Crippen LogP contribution < -0.4 is 5.32 Å². The Labute approximate surface area is 98.6 Å². The third-order valence-electron chi connectivity index (χ3n) is 4.09. The van der Waals surface area contributed by atoms with Gasteiger partial charge in [-0.25, -0.2) is 0 Å². The lowest BCUT2D eigenvalue weighted by Crippen LogP contribution is -2.44. The fraction of sp³-hybridized carbons (Fsp3) is 0.923. The van der Waals surface area contributed by atoms with E-state index >= 15 is 0 Å². The molecule has 2 aliphatic rings. The predicted octanol–water partition coefficient (Wildman–Crippen LogP) is 2.27. The predicted molar refractivity (Wildman–Crippen MR) is 65.0 cm³/mol. The Hall–Kier alpha value is -0.570. The molecular formula is C13H24N2O. The lowest BCUT2D eigenvalue weighted by Gasteiger charge is -2.22. The van der Waals surface area contributed by atoms with Gasteiger partial charge in [0, 0.05) is 6.54 Å². The second kappa shape index (κ2) is 4.74. The van der Waals surface area contributed by atoms with Crippen molar-refractivity contribution in [1.82, 2.24) is 10.2 Å². The fourth-order valence-electron chi connectivity index (χ4n) is 3.12. The highest BCUT2D eigenvalue weighted by Gasteiger charge is 2.51. The minimum Gasteiger partial charge on any atom is -0.326 e. The third-order valence-corrected chi connectivity index (χ3v) is 4.09. The summed E-state index contributed by atoms with van der Waals surface area (Å²) in [5.41, 5.74) is -0.172. The van der Waals surface area contributed by atoms with Crippen LogP contribution in [0.5, 0.6) is 0 Å². The SMILES string of the molecule is CCCCN1C(=O)C2(CCCC2)NC1CC. The van der Waals surface area contributed by atoms with Gasteiger partial charge in [-0.15, -0.1) is 0 Å². The highest BCUT2D eigenvalue weighted by atomic mass is 16.2. The van der Waals surface area contributed by atoms with Crippen molar-refractivity contribution in [1.29, 1.82) is 0 Å². The Balaban J connectivity index is 2.08. The van der Waals surface area contributed by atoms with Crippen LogP contribution in [0.2, 0.25) is 0 Å². The minimum absolute atomic E-state index is 0.172. The molecule has 1 spiro atoms. The number of nitrogens with zero attached hydrogens (tertiary/aromatic N) is 1. The minimum atomic E-state index is -0.172. The summed E-state index contributed by atoms with van der Waals surface area (Å²) in [6.07, 6.45) is 8.10. The molecule has 0 bridgehead atoms. The molecule has 2 fully saturated rings. The molecule has 1 atom stereocenters. The zero-order valence-electron chi connectivity index (χ0n) is 10.6. The smallest absolute Gasteiger partial charge is 0.244 e. The van der Waals surface area contributed by atoms with Crippen molar-refractivity contribution in [3.63, 3.8) is 0 Å². The summed E-state index contributed by atoms with van der Waals surface area (Å²) in [6.45, 7) is 5.28. The van der Waals surface area contributed by atoms with E-state index in [0.29, 0.717) is 5.91 Å². The van der Waals surface area contributed by atoms with Crippen molar-refractivity contribution in [3.8, 4) is 0 Å². The van der Waals surface area contributed by atoms with E-state index < -0.39 is 0 Å². The van der Waals surface area contributed by atoms with Crippen molar-refractivity contribution in [2.75, 3.05) is 6.54 Å². The molecule has 1 saturated carbocycles. The molecule has 1 saturated heterocycles. The highest BCUT2D eigenvalue weighted by molar-refractivity contribution is 5.89. The second-order valence-electron chi connectivity index (χ2n) is 5.21. The molecule has 0 aromatic rings. The maximum atomic E-state index is 12.5. The first-order valence-electron chi connectivity index (χ1n) is 6.82. The lowest BCUT2D eigenvalue weighted by molar-refractivity contribution is -0.133. The number of rotatable bonds is 4. The molecule has 92 valence electrons. The summed E-state index contributed by atoms with van der Waals surface area (Å²) >= 11 is 0. The number of hydrogen-bond acceptors (Lipinski definition) is 2. The number of nitrogens with one attached hydrogen (secondary N) is 1. The van der Waals surface area contributed by atoms with Gasteiger partial charge in [-0.2, -0.15) is 0 Å². The van der Waals surface area contributed by atoms with Crippen LogP contribution >= 0.6 is 0 Å². The number of amides is 1. The zero-order chi connectivity index (χ0) is 11.6. The van der Waals surface area contributed by atoms with Gasteiger partial charge in [-0.05, 0) is 25.7 Å². The van der Waals surface area contributed by atoms with Gasteiger partial charge >= 0.3 is 0 Å². The van der Waals surface area contributed by atoms with Crippen LogP contribution in [0.25, 0.3) is 0 Å². The van der Waals surface area contributed by atoms with Crippen LogP contribution in [0.3, 0.4) is 0 Å². The Morgan fingerprint density at radius 1 is 1.38 bits per heavy atom. The maximum absolute atomic E-state index is 12.5. The molecule has 2 rings (SSSR count). The van der Waals surface area contributed by atoms with Crippen LogP contribution in [0.4, 0.5) is 0 Å². The lowest BCUT2D eigenvalue weighted by atomic mass is 9.98. The topological polar surface area (TPSA) is 32.3 Å². The number of hydrogen-bond donors (Lipinski definition) is 1. The molecule has 1 amide bonds. The molecule has 0 aromatic carbocycles. The van der Waals surface area contributed by atoms with Crippen LogP contribution in [-0.4, -0.2) is 29.1 Å². The molecule has 16 heavy (non-hydrogen) atoms. The monoisotopic (exact) mass is 224 g/mol. The van der Waals surface area contributed by atoms with Crippen molar-refractivity contribution in [2.45, 2.75) is 70.5 Å². The molecule has 0 radical (unpaired) electrons. The molecule has 3 heteroatoms. The fourth-order valence-corrected chi connectivity index (χ4v) is 3.12. The van der Waals surface area contributed by atoms with Crippen molar-refractivity contribution in [3.05, 3.63) is 0 Å². The van der Waals surface area contributed by atoms with Gasteiger partial charge in [0.2, 0.25) is 5.91 Å². The molecule has 1 heterocycles. The number of carbonyl (C=O) groups is 1. The van der Waals surface area contributed by atoms with E-state index in [4.69, 9.17) is 0 Å². The zero-order valence-corrected chi connectivity index (χ0v) is 10.6. The van der Waals surface area contributed by atoms with Gasteiger partial charge in [0.15, 0.2) is 0 Å². The number of unbranched alkanes of at least 4 members (excludes halogenated alkanes) is 1. The van der Waals surface area contributed by atoms with Crippen LogP contribution in [0.15, 0.2) is 0 Å². The van der Waals surface area contributed by atoms with E-state index in [2.05, 4.69) is 24.1 Å². The average molecular weight is 224 g/mol. The molecule has 1 aliphatic carbocycles. The maximum Gasteiger partial charge on any atom is 0.244 e. The Morgan fingerprint density at radius 3 is 2.62 bits per heavy atom. The highest BCUT2D eigenvalue weighted by Crippen LogP contribution is 2.36. The summed E-state index contributed by atoms with van der Waals surface area (Å²) in [5, 5.41) is 3.60.